The molecule has 6 nitrogen and oxygen atoms in total. The molecule has 4 rings (SSSR count). The maximum Gasteiger partial charge on any atom is 0.335 e. The zero-order chi connectivity index (χ0) is 22.3. The normalized spacial score (nSPS) is 18.5. The lowest BCUT2D eigenvalue weighted by molar-refractivity contribution is 0.0697. The molecule has 0 radical (unpaired) electrons. The van der Waals surface area contributed by atoms with Gasteiger partial charge in [-0.15, -0.1) is 0 Å². The number of aryl methyl sites for hydroxylation is 1. The van der Waals surface area contributed by atoms with Gasteiger partial charge in [-0.3, -0.25) is 4.98 Å². The minimum Gasteiger partial charge on any atom is -0.478 e. The number of benzene rings is 1. The second-order valence-electron chi connectivity index (χ2n) is 8.14. The highest BCUT2D eigenvalue weighted by atomic mass is 32.1. The summed E-state index contributed by atoms with van der Waals surface area (Å²) in [5.41, 5.74) is 5.52. The monoisotopic (exact) mass is 434 g/mol. The first-order valence-electron chi connectivity index (χ1n) is 10.3. The number of aromatic nitrogens is 2. The van der Waals surface area contributed by atoms with Crippen LogP contribution in [0, 0.1) is 13.8 Å². The number of nitrogens with zero attached hydrogens (tertiary/aromatic N) is 3. The molecule has 3 aromatic rings. The predicted molar refractivity (Wildman–Crippen MR) is 125 cm³/mol. The summed E-state index contributed by atoms with van der Waals surface area (Å²) in [5.74, 6) is -0.926. The summed E-state index contributed by atoms with van der Waals surface area (Å²) in [7, 11) is 0. The highest BCUT2D eigenvalue weighted by Gasteiger charge is 2.42. The van der Waals surface area contributed by atoms with E-state index in [2.05, 4.69) is 53.5 Å². The Hall–Kier alpha value is -3.19. The number of carboxylic acid groups (broad SMARTS) is 1. The molecule has 3 heterocycles. The van der Waals surface area contributed by atoms with E-state index < -0.39 is 5.97 Å². The molecule has 1 aliphatic heterocycles. The maximum atomic E-state index is 11.2. The van der Waals surface area contributed by atoms with Crippen molar-refractivity contribution >= 4 is 23.3 Å². The van der Waals surface area contributed by atoms with Gasteiger partial charge < -0.3 is 19.9 Å². The summed E-state index contributed by atoms with van der Waals surface area (Å²) >= 11 is 5.71. The van der Waals surface area contributed by atoms with Crippen molar-refractivity contribution in [3.05, 3.63) is 82.9 Å². The molecule has 160 valence electrons. The van der Waals surface area contributed by atoms with Gasteiger partial charge in [0.2, 0.25) is 0 Å². The van der Waals surface area contributed by atoms with Crippen LogP contribution in [0.1, 0.15) is 58.9 Å². The van der Waals surface area contributed by atoms with Gasteiger partial charge in [0.15, 0.2) is 5.11 Å². The SMILES string of the molecule is Cc1cc([C@H]2[C@@H](c3ccccn3)NC(=S)N2C(C)C)c(C)n1-c1ccc(C(=O)O)cc1. The molecule has 1 aliphatic rings. The summed E-state index contributed by atoms with van der Waals surface area (Å²) < 4.78 is 2.16. The summed E-state index contributed by atoms with van der Waals surface area (Å²) in [6.07, 6.45) is 1.81. The van der Waals surface area contributed by atoms with Crippen molar-refractivity contribution in [2.24, 2.45) is 0 Å². The fourth-order valence-electron chi connectivity index (χ4n) is 4.49. The van der Waals surface area contributed by atoms with Crippen LogP contribution in [-0.2, 0) is 0 Å². The first-order valence-corrected chi connectivity index (χ1v) is 10.7. The third kappa shape index (κ3) is 3.70. The van der Waals surface area contributed by atoms with Gasteiger partial charge in [0.05, 0.1) is 23.3 Å². The topological polar surface area (TPSA) is 70.4 Å². The van der Waals surface area contributed by atoms with E-state index in [9.17, 15) is 9.90 Å². The van der Waals surface area contributed by atoms with E-state index in [0.717, 1.165) is 27.9 Å². The number of aromatic carboxylic acids is 1. The fourth-order valence-corrected chi connectivity index (χ4v) is 4.94. The molecule has 1 aromatic carbocycles. The van der Waals surface area contributed by atoms with E-state index in [0.29, 0.717) is 0 Å². The van der Waals surface area contributed by atoms with Crippen LogP contribution in [0.5, 0.6) is 0 Å². The standard InChI is InChI=1S/C24H26N4O2S/c1-14(2)27-22(21(26-24(27)31)20-7-5-6-12-25-20)19-13-15(3)28(16(19)4)18-10-8-17(9-11-18)23(29)30/h5-14,21-22H,1-4H3,(H,26,31)(H,29,30)/t21-,22+/m1/s1. The van der Waals surface area contributed by atoms with Crippen molar-refractivity contribution in [3.8, 4) is 5.69 Å². The molecular weight excluding hydrogens is 408 g/mol. The largest absolute Gasteiger partial charge is 0.478 e. The van der Waals surface area contributed by atoms with Gasteiger partial charge in [-0.05, 0) is 87.9 Å². The summed E-state index contributed by atoms with van der Waals surface area (Å²) in [5, 5.41) is 13.4. The highest BCUT2D eigenvalue weighted by Crippen LogP contribution is 2.42. The molecule has 2 atom stereocenters. The highest BCUT2D eigenvalue weighted by molar-refractivity contribution is 7.80. The van der Waals surface area contributed by atoms with E-state index in [-0.39, 0.29) is 23.7 Å². The van der Waals surface area contributed by atoms with Crippen LogP contribution in [0.25, 0.3) is 5.69 Å². The number of hydrogen-bond donors (Lipinski definition) is 2. The van der Waals surface area contributed by atoms with Crippen LogP contribution in [0.4, 0.5) is 0 Å². The zero-order valence-corrected chi connectivity index (χ0v) is 18.9. The number of thiocarbonyl (C=S) groups is 1. The molecule has 1 fully saturated rings. The van der Waals surface area contributed by atoms with E-state index >= 15 is 0 Å². The van der Waals surface area contributed by atoms with Crippen LogP contribution >= 0.6 is 12.2 Å². The quantitative estimate of drug-likeness (QED) is 0.574. The Morgan fingerprint density at radius 2 is 1.87 bits per heavy atom. The number of carbonyl (C=O) groups is 1. The Bertz CT molecular complexity index is 1120. The first kappa shape index (κ1) is 21.1. The molecule has 0 saturated carbocycles. The molecule has 0 unspecified atom stereocenters. The van der Waals surface area contributed by atoms with Gasteiger partial charge in [0.1, 0.15) is 0 Å². The van der Waals surface area contributed by atoms with Crippen LogP contribution < -0.4 is 5.32 Å². The van der Waals surface area contributed by atoms with E-state index in [4.69, 9.17) is 12.2 Å². The predicted octanol–water partition coefficient (Wildman–Crippen LogP) is 4.57. The van der Waals surface area contributed by atoms with Crippen molar-refractivity contribution in [1.82, 2.24) is 19.8 Å². The number of nitrogens with one attached hydrogen (secondary N) is 1. The molecule has 7 heteroatoms. The molecule has 2 N–H and O–H groups in total. The van der Waals surface area contributed by atoms with Crippen LogP contribution in [0.3, 0.4) is 0 Å². The van der Waals surface area contributed by atoms with Crippen molar-refractivity contribution in [1.29, 1.82) is 0 Å². The molecule has 1 saturated heterocycles. The van der Waals surface area contributed by atoms with Gasteiger partial charge >= 0.3 is 5.97 Å². The second kappa shape index (κ2) is 8.15. The number of carboxylic acids is 1. The van der Waals surface area contributed by atoms with Gasteiger partial charge in [-0.1, -0.05) is 6.07 Å². The van der Waals surface area contributed by atoms with Crippen molar-refractivity contribution in [2.75, 3.05) is 0 Å². The first-order chi connectivity index (χ1) is 14.8. The minimum atomic E-state index is -0.926. The molecule has 2 aromatic heterocycles. The maximum absolute atomic E-state index is 11.2. The average Bonchev–Trinajstić information content (AvgIpc) is 3.24. The molecule has 0 spiro atoms. The fraction of sp³-hybridized carbons (Fsp3) is 0.292. The minimum absolute atomic E-state index is 0.000595. The lowest BCUT2D eigenvalue weighted by Gasteiger charge is -2.31. The Labute approximate surface area is 187 Å². The molecule has 0 aliphatic carbocycles. The molecule has 0 amide bonds. The van der Waals surface area contributed by atoms with Crippen LogP contribution in [-0.4, -0.2) is 36.7 Å². The van der Waals surface area contributed by atoms with Gasteiger partial charge in [0.25, 0.3) is 0 Å². The Morgan fingerprint density at radius 1 is 1.16 bits per heavy atom. The smallest absolute Gasteiger partial charge is 0.335 e. The second-order valence-corrected chi connectivity index (χ2v) is 8.53. The van der Waals surface area contributed by atoms with Crippen molar-refractivity contribution < 1.29 is 9.90 Å². The van der Waals surface area contributed by atoms with Crippen LogP contribution in [0.2, 0.25) is 0 Å². The summed E-state index contributed by atoms with van der Waals surface area (Å²) in [6.45, 7) is 8.46. The van der Waals surface area contributed by atoms with Gasteiger partial charge in [-0.2, -0.15) is 0 Å². The number of hydrogen-bond acceptors (Lipinski definition) is 3. The lowest BCUT2D eigenvalue weighted by atomic mass is 9.96. The van der Waals surface area contributed by atoms with Gasteiger partial charge in [-0.25, -0.2) is 4.79 Å². The van der Waals surface area contributed by atoms with Crippen LogP contribution in [0.15, 0.2) is 54.7 Å². The Morgan fingerprint density at radius 3 is 2.45 bits per heavy atom. The van der Waals surface area contributed by atoms with E-state index in [1.807, 2.05) is 36.5 Å². The lowest BCUT2D eigenvalue weighted by Crippen LogP contribution is -2.35. The summed E-state index contributed by atoms with van der Waals surface area (Å²) in [6, 6.07) is 15.3. The van der Waals surface area contributed by atoms with E-state index in [1.165, 1.54) is 5.56 Å². The van der Waals surface area contributed by atoms with E-state index in [1.54, 1.807) is 12.1 Å². The number of rotatable bonds is 5. The zero-order valence-electron chi connectivity index (χ0n) is 18.0. The Kier molecular flexibility index (Phi) is 5.54. The summed E-state index contributed by atoms with van der Waals surface area (Å²) in [4.78, 5) is 18.1. The number of pyridine rings is 1. The van der Waals surface area contributed by atoms with Crippen molar-refractivity contribution in [2.45, 2.75) is 45.8 Å². The molecular formula is C24H26N4O2S. The molecule has 0 bridgehead atoms. The third-order valence-electron chi connectivity index (χ3n) is 5.85. The van der Waals surface area contributed by atoms with Crippen molar-refractivity contribution in [3.63, 3.8) is 0 Å². The average molecular weight is 435 g/mol. The van der Waals surface area contributed by atoms with Gasteiger partial charge in [0, 0.05) is 29.3 Å². The Balaban J connectivity index is 1.82. The third-order valence-corrected chi connectivity index (χ3v) is 6.18. The molecule has 31 heavy (non-hydrogen) atoms.